The van der Waals surface area contributed by atoms with Gasteiger partial charge in [-0.1, -0.05) is 30.3 Å². The number of carbonyl (C=O) groups is 1. The van der Waals surface area contributed by atoms with Crippen LogP contribution in [-0.2, 0) is 6.54 Å². The van der Waals surface area contributed by atoms with Crippen molar-refractivity contribution in [3.63, 3.8) is 0 Å². The van der Waals surface area contributed by atoms with Crippen molar-refractivity contribution in [2.24, 2.45) is 5.73 Å². The number of hydrogen-bond acceptors (Lipinski definition) is 4. The summed E-state index contributed by atoms with van der Waals surface area (Å²) in [5.74, 6) is -1.03. The minimum Gasteiger partial charge on any atom is -0.507 e. The third-order valence-corrected chi connectivity index (χ3v) is 3.31. The highest BCUT2D eigenvalue weighted by atomic mass is 16.3. The zero-order chi connectivity index (χ0) is 15.4. The minimum absolute atomic E-state index is 0.122. The smallest absolute Gasteiger partial charge is 0.259 e. The molecule has 0 spiro atoms. The van der Waals surface area contributed by atoms with Crippen LogP contribution in [0.4, 0.5) is 0 Å². The highest BCUT2D eigenvalue weighted by molar-refractivity contribution is 5.99. The van der Waals surface area contributed by atoms with Crippen LogP contribution in [-0.4, -0.2) is 16.1 Å². The first-order valence-corrected chi connectivity index (χ1v) is 6.63. The van der Waals surface area contributed by atoms with Crippen LogP contribution in [0.2, 0.25) is 0 Å². The molecular weight excluding hydrogens is 268 g/mol. The van der Waals surface area contributed by atoms with Crippen molar-refractivity contribution in [2.75, 3.05) is 0 Å². The Morgan fingerprint density at radius 2 is 1.71 bits per heavy atom. The number of carbonyl (C=O) groups excluding carboxylic acids is 1. The number of benzene rings is 2. The van der Waals surface area contributed by atoms with E-state index in [1.165, 1.54) is 18.2 Å². The van der Waals surface area contributed by atoms with E-state index in [-0.39, 0.29) is 23.1 Å². The lowest BCUT2D eigenvalue weighted by atomic mass is 10.1. The molecule has 0 heterocycles. The normalized spacial score (nSPS) is 11.9. The van der Waals surface area contributed by atoms with Crippen molar-refractivity contribution in [2.45, 2.75) is 19.5 Å². The summed E-state index contributed by atoms with van der Waals surface area (Å²) in [6, 6.07) is 11.5. The Balaban J connectivity index is 2.15. The zero-order valence-corrected chi connectivity index (χ0v) is 11.7. The summed E-state index contributed by atoms with van der Waals surface area (Å²) in [5.41, 5.74) is 7.34. The van der Waals surface area contributed by atoms with Gasteiger partial charge >= 0.3 is 0 Å². The van der Waals surface area contributed by atoms with E-state index in [1.54, 1.807) is 0 Å². The van der Waals surface area contributed by atoms with E-state index in [4.69, 9.17) is 5.73 Å². The molecule has 0 aromatic heterocycles. The summed E-state index contributed by atoms with van der Waals surface area (Å²) >= 11 is 0. The van der Waals surface area contributed by atoms with Crippen molar-refractivity contribution < 1.29 is 15.0 Å². The Kier molecular flexibility index (Phi) is 4.45. The van der Waals surface area contributed by atoms with Crippen LogP contribution in [0.1, 0.15) is 34.5 Å². The van der Waals surface area contributed by atoms with Crippen LogP contribution in [0, 0.1) is 0 Å². The zero-order valence-electron chi connectivity index (χ0n) is 11.7. The fraction of sp³-hybridized carbons (Fsp3) is 0.188. The first-order valence-electron chi connectivity index (χ1n) is 6.63. The van der Waals surface area contributed by atoms with Crippen molar-refractivity contribution in [3.8, 4) is 11.5 Å². The van der Waals surface area contributed by atoms with Gasteiger partial charge in [0.15, 0.2) is 0 Å². The van der Waals surface area contributed by atoms with Crippen molar-refractivity contribution in [3.05, 3.63) is 59.2 Å². The summed E-state index contributed by atoms with van der Waals surface area (Å²) in [6.07, 6.45) is 0. The number of amides is 1. The van der Waals surface area contributed by atoms with E-state index in [1.807, 2.05) is 31.2 Å². The monoisotopic (exact) mass is 286 g/mol. The first-order chi connectivity index (χ1) is 10.0. The fourth-order valence-corrected chi connectivity index (χ4v) is 2.06. The molecule has 110 valence electrons. The lowest BCUT2D eigenvalue weighted by Crippen LogP contribution is -2.26. The second-order valence-corrected chi connectivity index (χ2v) is 4.81. The van der Waals surface area contributed by atoms with Crippen LogP contribution in [0.25, 0.3) is 0 Å². The average molecular weight is 286 g/mol. The molecule has 5 heteroatoms. The molecule has 0 aliphatic carbocycles. The average Bonchev–Trinajstić information content (AvgIpc) is 2.47. The topological polar surface area (TPSA) is 95.6 Å². The van der Waals surface area contributed by atoms with Crippen molar-refractivity contribution in [1.29, 1.82) is 0 Å². The van der Waals surface area contributed by atoms with Crippen LogP contribution < -0.4 is 11.1 Å². The number of phenolic OH excluding ortho intramolecular Hbond substituents is 2. The number of phenols is 2. The summed E-state index contributed by atoms with van der Waals surface area (Å²) in [6.45, 7) is 2.29. The second-order valence-electron chi connectivity index (χ2n) is 4.81. The highest BCUT2D eigenvalue weighted by Crippen LogP contribution is 2.26. The first kappa shape index (κ1) is 14.9. The number of rotatable bonds is 4. The molecule has 2 aromatic rings. The maximum atomic E-state index is 12.1. The summed E-state index contributed by atoms with van der Waals surface area (Å²) in [5, 5.41) is 22.1. The lowest BCUT2D eigenvalue weighted by molar-refractivity contribution is 0.0934. The second kappa shape index (κ2) is 6.28. The van der Waals surface area contributed by atoms with E-state index in [0.717, 1.165) is 11.1 Å². The van der Waals surface area contributed by atoms with Gasteiger partial charge in [0.1, 0.15) is 17.1 Å². The Morgan fingerprint density at radius 1 is 1.14 bits per heavy atom. The molecule has 21 heavy (non-hydrogen) atoms. The predicted molar refractivity (Wildman–Crippen MR) is 80.0 cm³/mol. The molecule has 2 rings (SSSR count). The summed E-state index contributed by atoms with van der Waals surface area (Å²) in [7, 11) is 0. The molecule has 0 aliphatic rings. The van der Waals surface area contributed by atoms with E-state index in [9.17, 15) is 15.0 Å². The molecule has 0 radical (unpaired) electrons. The SMILES string of the molecule is CC(NC(=O)c1c(O)cccc1O)c1ccc(CN)cc1. The van der Waals surface area contributed by atoms with Crippen LogP contribution in [0.5, 0.6) is 11.5 Å². The van der Waals surface area contributed by atoms with E-state index >= 15 is 0 Å². The van der Waals surface area contributed by atoms with E-state index in [0.29, 0.717) is 6.54 Å². The third kappa shape index (κ3) is 3.32. The molecule has 1 amide bonds. The van der Waals surface area contributed by atoms with Gasteiger partial charge in [-0.25, -0.2) is 0 Å². The van der Waals surface area contributed by atoms with E-state index < -0.39 is 5.91 Å². The number of nitrogens with one attached hydrogen (secondary N) is 1. The fourth-order valence-electron chi connectivity index (χ4n) is 2.06. The number of hydrogen-bond donors (Lipinski definition) is 4. The maximum Gasteiger partial charge on any atom is 0.259 e. The summed E-state index contributed by atoms with van der Waals surface area (Å²) < 4.78 is 0. The molecule has 1 atom stereocenters. The Morgan fingerprint density at radius 3 is 2.24 bits per heavy atom. The summed E-state index contributed by atoms with van der Waals surface area (Å²) in [4.78, 5) is 12.1. The maximum absolute atomic E-state index is 12.1. The van der Waals surface area contributed by atoms with Crippen LogP contribution in [0.3, 0.4) is 0 Å². The Labute approximate surface area is 123 Å². The lowest BCUT2D eigenvalue weighted by Gasteiger charge is -2.16. The molecule has 0 bridgehead atoms. The Hall–Kier alpha value is -2.53. The number of aromatic hydroxyl groups is 2. The van der Waals surface area contributed by atoms with Gasteiger partial charge in [-0.2, -0.15) is 0 Å². The van der Waals surface area contributed by atoms with Gasteiger partial charge in [-0.3, -0.25) is 4.79 Å². The quantitative estimate of drug-likeness (QED) is 0.691. The van der Waals surface area contributed by atoms with E-state index in [2.05, 4.69) is 5.32 Å². The molecule has 0 saturated carbocycles. The van der Waals surface area contributed by atoms with Gasteiger partial charge in [-0.15, -0.1) is 0 Å². The highest BCUT2D eigenvalue weighted by Gasteiger charge is 2.18. The van der Waals surface area contributed by atoms with Crippen molar-refractivity contribution >= 4 is 5.91 Å². The van der Waals surface area contributed by atoms with Gasteiger partial charge < -0.3 is 21.3 Å². The minimum atomic E-state index is -0.527. The van der Waals surface area contributed by atoms with Crippen LogP contribution >= 0.6 is 0 Å². The molecule has 0 fully saturated rings. The molecular formula is C16H18N2O3. The molecule has 5 nitrogen and oxygen atoms in total. The number of nitrogens with two attached hydrogens (primary N) is 1. The van der Waals surface area contributed by atoms with Crippen molar-refractivity contribution in [1.82, 2.24) is 5.32 Å². The van der Waals surface area contributed by atoms with Gasteiger partial charge in [-0.05, 0) is 30.2 Å². The van der Waals surface area contributed by atoms with Gasteiger partial charge in [0.05, 0.1) is 6.04 Å². The Bertz CT molecular complexity index is 618. The molecule has 2 aromatic carbocycles. The third-order valence-electron chi connectivity index (χ3n) is 3.31. The van der Waals surface area contributed by atoms with Gasteiger partial charge in [0.25, 0.3) is 5.91 Å². The molecule has 0 aliphatic heterocycles. The van der Waals surface area contributed by atoms with Gasteiger partial charge in [0, 0.05) is 6.54 Å². The molecule has 5 N–H and O–H groups in total. The standard InChI is InChI=1S/C16H18N2O3/c1-10(12-7-5-11(9-17)6-8-12)18-16(21)15-13(19)3-2-4-14(15)20/h2-8,10,19-20H,9,17H2,1H3,(H,18,21). The van der Waals surface area contributed by atoms with Gasteiger partial charge in [0.2, 0.25) is 0 Å². The predicted octanol–water partition coefficient (Wildman–Crippen LogP) is 2.05. The molecule has 0 saturated heterocycles. The van der Waals surface area contributed by atoms with Crippen LogP contribution in [0.15, 0.2) is 42.5 Å². The molecule has 1 unspecified atom stereocenters. The largest absolute Gasteiger partial charge is 0.507 e.